The molecule has 0 bridgehead atoms. The lowest BCUT2D eigenvalue weighted by molar-refractivity contribution is -0.140. The second-order valence-electron chi connectivity index (χ2n) is 3.91. The van der Waals surface area contributed by atoms with E-state index in [0.717, 1.165) is 13.0 Å². The molecule has 0 radical (unpaired) electrons. The van der Waals surface area contributed by atoms with Gasteiger partial charge in [0.2, 0.25) is 0 Å². The fourth-order valence-corrected chi connectivity index (χ4v) is 1.63. The summed E-state index contributed by atoms with van der Waals surface area (Å²) < 4.78 is 6.55. The predicted molar refractivity (Wildman–Crippen MR) is 65.5 cm³/mol. The number of aliphatic carboxylic acids is 1. The molecule has 1 heterocycles. The van der Waals surface area contributed by atoms with Gasteiger partial charge in [0.25, 0.3) is 5.91 Å². The highest BCUT2D eigenvalue weighted by Gasteiger charge is 2.21. The molecule has 0 aliphatic carbocycles. The number of methoxy groups -OCH3 is 1. The predicted octanol–water partition coefficient (Wildman–Crippen LogP) is 0.727. The highest BCUT2D eigenvalue weighted by molar-refractivity contribution is 5.95. The van der Waals surface area contributed by atoms with E-state index < -0.39 is 17.9 Å². The number of carbonyl (C=O) groups is 2. The van der Waals surface area contributed by atoms with Crippen molar-refractivity contribution in [1.82, 2.24) is 9.88 Å². The molecule has 0 spiro atoms. The van der Waals surface area contributed by atoms with Crippen LogP contribution in [0.3, 0.4) is 0 Å². The molecule has 2 N–H and O–H groups in total. The second kappa shape index (κ2) is 6.80. The number of hydrogen-bond donors (Lipinski definition) is 2. The number of carbonyl (C=O) groups excluding carboxylic acids is 1. The number of nitrogens with zero attached hydrogens (tertiary/aromatic N) is 1. The zero-order valence-corrected chi connectivity index (χ0v) is 10.5. The first-order chi connectivity index (χ1) is 8.60. The summed E-state index contributed by atoms with van der Waals surface area (Å²) in [4.78, 5) is 22.8. The molecule has 0 aliphatic heterocycles. The third kappa shape index (κ3) is 3.59. The summed E-state index contributed by atoms with van der Waals surface area (Å²) in [5, 5.41) is 11.4. The Balaban J connectivity index is 2.74. The van der Waals surface area contributed by atoms with Gasteiger partial charge in [-0.1, -0.05) is 6.92 Å². The Morgan fingerprint density at radius 2 is 2.28 bits per heavy atom. The van der Waals surface area contributed by atoms with Crippen molar-refractivity contribution in [1.29, 1.82) is 0 Å². The molecule has 1 amide bonds. The third-order valence-corrected chi connectivity index (χ3v) is 2.46. The normalized spacial score (nSPS) is 12.1. The van der Waals surface area contributed by atoms with Crippen LogP contribution in [0, 0.1) is 0 Å². The molecule has 100 valence electrons. The Morgan fingerprint density at radius 3 is 2.83 bits per heavy atom. The fraction of sp³-hybridized carbons (Fsp3) is 0.500. The van der Waals surface area contributed by atoms with Crippen LogP contribution in [0.1, 0.15) is 23.8 Å². The monoisotopic (exact) mass is 254 g/mol. The van der Waals surface area contributed by atoms with Crippen molar-refractivity contribution < 1.29 is 19.4 Å². The van der Waals surface area contributed by atoms with Crippen LogP contribution in [0.4, 0.5) is 0 Å². The molecule has 1 aromatic rings. The first kappa shape index (κ1) is 14.2. The van der Waals surface area contributed by atoms with Gasteiger partial charge in [0.1, 0.15) is 5.69 Å². The average molecular weight is 254 g/mol. The van der Waals surface area contributed by atoms with Crippen molar-refractivity contribution >= 4 is 11.9 Å². The number of amides is 1. The molecule has 0 fully saturated rings. The van der Waals surface area contributed by atoms with Gasteiger partial charge >= 0.3 is 5.97 Å². The van der Waals surface area contributed by atoms with Gasteiger partial charge in [0.05, 0.1) is 6.61 Å². The van der Waals surface area contributed by atoms with Gasteiger partial charge < -0.3 is 19.7 Å². The number of hydrogen-bond acceptors (Lipinski definition) is 3. The van der Waals surface area contributed by atoms with Crippen LogP contribution in [-0.4, -0.2) is 41.3 Å². The van der Waals surface area contributed by atoms with Gasteiger partial charge in [-0.05, 0) is 18.6 Å². The number of aromatic nitrogens is 1. The molecule has 0 aromatic carbocycles. The maximum Gasteiger partial charge on any atom is 0.328 e. The maximum absolute atomic E-state index is 11.9. The summed E-state index contributed by atoms with van der Waals surface area (Å²) in [5.41, 5.74) is 0.458. The summed E-state index contributed by atoms with van der Waals surface area (Å²) in [6.07, 6.45) is 2.69. The van der Waals surface area contributed by atoms with Gasteiger partial charge in [-0.3, -0.25) is 4.79 Å². The Bertz CT molecular complexity index is 414. The Morgan fingerprint density at radius 1 is 1.56 bits per heavy atom. The molecular formula is C12H18N2O4. The second-order valence-corrected chi connectivity index (χ2v) is 3.91. The standard InChI is InChI=1S/C12H18N2O4/c1-3-6-14-7-4-5-10(14)11(15)13-9(8-18-2)12(16)17/h4-5,7,9H,3,6,8H2,1-2H3,(H,13,15)(H,16,17). The fourth-order valence-electron chi connectivity index (χ4n) is 1.63. The van der Waals surface area contributed by atoms with Crippen LogP contribution in [-0.2, 0) is 16.1 Å². The van der Waals surface area contributed by atoms with E-state index in [1.54, 1.807) is 22.9 Å². The van der Waals surface area contributed by atoms with E-state index in [1.807, 2.05) is 6.92 Å². The van der Waals surface area contributed by atoms with Gasteiger partial charge in [0, 0.05) is 19.9 Å². The van der Waals surface area contributed by atoms with Gasteiger partial charge in [-0.15, -0.1) is 0 Å². The van der Waals surface area contributed by atoms with Crippen LogP contribution in [0.2, 0.25) is 0 Å². The lowest BCUT2D eigenvalue weighted by atomic mass is 10.3. The van der Waals surface area contributed by atoms with E-state index in [1.165, 1.54) is 7.11 Å². The largest absolute Gasteiger partial charge is 0.480 e. The minimum atomic E-state index is -1.11. The third-order valence-electron chi connectivity index (χ3n) is 2.46. The quantitative estimate of drug-likeness (QED) is 0.751. The van der Waals surface area contributed by atoms with Crippen molar-refractivity contribution in [2.75, 3.05) is 13.7 Å². The van der Waals surface area contributed by atoms with E-state index in [-0.39, 0.29) is 6.61 Å². The molecule has 1 rings (SSSR count). The lowest BCUT2D eigenvalue weighted by Gasteiger charge is -2.14. The first-order valence-electron chi connectivity index (χ1n) is 5.77. The molecule has 6 heteroatoms. The Kier molecular flexibility index (Phi) is 5.38. The lowest BCUT2D eigenvalue weighted by Crippen LogP contribution is -2.44. The number of carboxylic acid groups (broad SMARTS) is 1. The van der Waals surface area contributed by atoms with Gasteiger partial charge in [-0.25, -0.2) is 4.79 Å². The zero-order chi connectivity index (χ0) is 13.5. The highest BCUT2D eigenvalue weighted by atomic mass is 16.5. The van der Waals surface area contributed by atoms with E-state index in [9.17, 15) is 9.59 Å². The molecule has 6 nitrogen and oxygen atoms in total. The number of ether oxygens (including phenoxy) is 1. The minimum absolute atomic E-state index is 0.0600. The van der Waals surface area contributed by atoms with E-state index in [2.05, 4.69) is 5.32 Å². The van der Waals surface area contributed by atoms with Crippen molar-refractivity contribution in [3.63, 3.8) is 0 Å². The average Bonchev–Trinajstić information content (AvgIpc) is 2.77. The number of nitrogens with one attached hydrogen (secondary N) is 1. The Labute approximate surface area is 106 Å². The van der Waals surface area contributed by atoms with E-state index in [0.29, 0.717) is 5.69 Å². The van der Waals surface area contributed by atoms with Crippen molar-refractivity contribution in [2.45, 2.75) is 25.9 Å². The van der Waals surface area contributed by atoms with Gasteiger partial charge in [-0.2, -0.15) is 0 Å². The number of rotatable bonds is 7. The molecule has 0 aliphatic rings. The molecule has 18 heavy (non-hydrogen) atoms. The van der Waals surface area contributed by atoms with Crippen molar-refractivity contribution in [3.05, 3.63) is 24.0 Å². The summed E-state index contributed by atoms with van der Waals surface area (Å²) in [6, 6.07) is 2.39. The molecule has 1 aromatic heterocycles. The summed E-state index contributed by atoms with van der Waals surface area (Å²) in [7, 11) is 1.39. The summed E-state index contributed by atoms with van der Waals surface area (Å²) >= 11 is 0. The van der Waals surface area contributed by atoms with E-state index >= 15 is 0 Å². The maximum atomic E-state index is 11.9. The van der Waals surface area contributed by atoms with Crippen LogP contribution < -0.4 is 5.32 Å². The molecular weight excluding hydrogens is 236 g/mol. The molecule has 0 saturated heterocycles. The molecule has 1 unspecified atom stereocenters. The summed E-state index contributed by atoms with van der Waals surface area (Å²) in [6.45, 7) is 2.67. The highest BCUT2D eigenvalue weighted by Crippen LogP contribution is 2.04. The van der Waals surface area contributed by atoms with Crippen molar-refractivity contribution in [3.8, 4) is 0 Å². The Hall–Kier alpha value is -1.82. The SMILES string of the molecule is CCCn1cccc1C(=O)NC(COC)C(=O)O. The van der Waals surface area contributed by atoms with Crippen LogP contribution >= 0.6 is 0 Å². The zero-order valence-electron chi connectivity index (χ0n) is 10.5. The topological polar surface area (TPSA) is 80.6 Å². The van der Waals surface area contributed by atoms with Gasteiger partial charge in [0.15, 0.2) is 6.04 Å². The number of carboxylic acids is 1. The minimum Gasteiger partial charge on any atom is -0.480 e. The van der Waals surface area contributed by atoms with Crippen LogP contribution in [0.15, 0.2) is 18.3 Å². The smallest absolute Gasteiger partial charge is 0.328 e. The van der Waals surface area contributed by atoms with Crippen molar-refractivity contribution in [2.24, 2.45) is 0 Å². The summed E-state index contributed by atoms with van der Waals surface area (Å²) in [5.74, 6) is -1.52. The van der Waals surface area contributed by atoms with E-state index in [4.69, 9.17) is 9.84 Å². The first-order valence-corrected chi connectivity index (χ1v) is 5.77. The van der Waals surface area contributed by atoms with Crippen LogP contribution in [0.5, 0.6) is 0 Å². The number of aryl methyl sites for hydroxylation is 1. The molecule has 0 saturated carbocycles. The van der Waals surface area contributed by atoms with Crippen LogP contribution in [0.25, 0.3) is 0 Å². The molecule has 1 atom stereocenters.